The van der Waals surface area contributed by atoms with E-state index in [1.807, 2.05) is 12.1 Å². The second kappa shape index (κ2) is 8.61. The molecule has 0 fully saturated rings. The number of benzene rings is 3. The van der Waals surface area contributed by atoms with Crippen LogP contribution in [0.2, 0.25) is 0 Å². The van der Waals surface area contributed by atoms with Crippen LogP contribution in [0.25, 0.3) is 10.9 Å². The summed E-state index contributed by atoms with van der Waals surface area (Å²) in [6, 6.07) is 23.0. The van der Waals surface area contributed by atoms with Gasteiger partial charge in [0.1, 0.15) is 6.61 Å². The molecule has 0 unspecified atom stereocenters. The number of nitro benzene ring substituents is 1. The maximum Gasteiger partial charge on any atom is 0.269 e. The molecule has 0 amide bonds. The molecule has 30 heavy (non-hydrogen) atoms. The van der Waals surface area contributed by atoms with Crippen molar-refractivity contribution in [1.82, 2.24) is 4.57 Å². The molecule has 4 rings (SSSR count). The van der Waals surface area contributed by atoms with Crippen molar-refractivity contribution < 1.29 is 9.76 Å². The van der Waals surface area contributed by atoms with E-state index >= 15 is 0 Å². The van der Waals surface area contributed by atoms with Gasteiger partial charge in [-0.1, -0.05) is 65.3 Å². The van der Waals surface area contributed by atoms with Crippen molar-refractivity contribution in [3.05, 3.63) is 111 Å². The third-order valence-electron chi connectivity index (χ3n) is 4.91. The minimum Gasteiger partial charge on any atom is -0.391 e. The zero-order chi connectivity index (χ0) is 20.9. The Morgan fingerprint density at radius 2 is 1.83 bits per heavy atom. The van der Waals surface area contributed by atoms with Gasteiger partial charge in [-0.25, -0.2) is 0 Å². The topological polar surface area (TPSA) is 69.7 Å². The highest BCUT2D eigenvalue weighted by atomic mass is 16.6. The normalized spacial score (nSPS) is 11.2. The van der Waals surface area contributed by atoms with E-state index in [1.54, 1.807) is 18.3 Å². The zero-order valence-electron chi connectivity index (χ0n) is 16.6. The van der Waals surface area contributed by atoms with E-state index in [0.717, 1.165) is 23.0 Å². The lowest BCUT2D eigenvalue weighted by Gasteiger charge is -2.06. The van der Waals surface area contributed by atoms with Gasteiger partial charge in [0.05, 0.1) is 11.1 Å². The van der Waals surface area contributed by atoms with E-state index in [4.69, 9.17) is 4.84 Å². The number of nitro groups is 1. The summed E-state index contributed by atoms with van der Waals surface area (Å²) in [5, 5.41) is 16.1. The van der Waals surface area contributed by atoms with E-state index in [9.17, 15) is 10.1 Å². The SMILES string of the molecule is Cc1ccc(Cn2cc(/C=N\OCc3cccc([N+](=O)[O-])c3)c3ccccc32)cc1. The highest BCUT2D eigenvalue weighted by Gasteiger charge is 2.08. The van der Waals surface area contributed by atoms with Crippen molar-refractivity contribution in [1.29, 1.82) is 0 Å². The summed E-state index contributed by atoms with van der Waals surface area (Å²) >= 11 is 0. The molecule has 3 aromatic carbocycles. The third-order valence-corrected chi connectivity index (χ3v) is 4.91. The van der Waals surface area contributed by atoms with E-state index in [1.165, 1.54) is 23.3 Å². The molecular formula is C24H21N3O3. The van der Waals surface area contributed by atoms with Crippen molar-refractivity contribution >= 4 is 22.8 Å². The maximum absolute atomic E-state index is 10.9. The summed E-state index contributed by atoms with van der Waals surface area (Å²) in [5.74, 6) is 0. The van der Waals surface area contributed by atoms with Crippen LogP contribution in [0.4, 0.5) is 5.69 Å². The summed E-state index contributed by atoms with van der Waals surface area (Å²) in [6.45, 7) is 3.01. The molecule has 0 N–H and O–H groups in total. The fourth-order valence-electron chi connectivity index (χ4n) is 3.36. The maximum atomic E-state index is 10.9. The van der Waals surface area contributed by atoms with Gasteiger partial charge in [-0.3, -0.25) is 10.1 Å². The molecule has 1 heterocycles. The fraction of sp³-hybridized carbons (Fsp3) is 0.125. The molecule has 0 spiro atoms. The molecule has 4 aromatic rings. The number of oxime groups is 1. The van der Waals surface area contributed by atoms with Crippen molar-refractivity contribution in [3.63, 3.8) is 0 Å². The Kier molecular flexibility index (Phi) is 5.57. The third kappa shape index (κ3) is 4.38. The second-order valence-corrected chi connectivity index (χ2v) is 7.15. The first-order chi connectivity index (χ1) is 14.6. The smallest absolute Gasteiger partial charge is 0.269 e. The van der Waals surface area contributed by atoms with Crippen LogP contribution in [-0.4, -0.2) is 15.7 Å². The van der Waals surface area contributed by atoms with Crippen LogP contribution in [0, 0.1) is 17.0 Å². The Balaban J connectivity index is 1.50. The average Bonchev–Trinajstić information content (AvgIpc) is 3.10. The van der Waals surface area contributed by atoms with Crippen molar-refractivity contribution in [2.24, 2.45) is 5.16 Å². The number of non-ortho nitro benzene ring substituents is 1. The van der Waals surface area contributed by atoms with Crippen molar-refractivity contribution in [2.75, 3.05) is 0 Å². The second-order valence-electron chi connectivity index (χ2n) is 7.15. The monoisotopic (exact) mass is 399 g/mol. The van der Waals surface area contributed by atoms with Gasteiger partial charge in [-0.2, -0.15) is 0 Å². The van der Waals surface area contributed by atoms with Gasteiger partial charge < -0.3 is 9.40 Å². The number of nitrogens with zero attached hydrogens (tertiary/aromatic N) is 3. The van der Waals surface area contributed by atoms with Gasteiger partial charge in [0, 0.05) is 41.3 Å². The number of aromatic nitrogens is 1. The Morgan fingerprint density at radius 1 is 1.03 bits per heavy atom. The summed E-state index contributed by atoms with van der Waals surface area (Å²) in [7, 11) is 0. The fourth-order valence-corrected chi connectivity index (χ4v) is 3.36. The van der Waals surface area contributed by atoms with Gasteiger partial charge >= 0.3 is 0 Å². The predicted octanol–water partition coefficient (Wildman–Crippen LogP) is 5.46. The summed E-state index contributed by atoms with van der Waals surface area (Å²) in [6.07, 6.45) is 3.75. The van der Waals surface area contributed by atoms with Crippen LogP contribution >= 0.6 is 0 Å². The van der Waals surface area contributed by atoms with Crippen molar-refractivity contribution in [3.8, 4) is 0 Å². The van der Waals surface area contributed by atoms with E-state index in [2.05, 4.69) is 59.2 Å². The van der Waals surface area contributed by atoms with E-state index in [-0.39, 0.29) is 12.3 Å². The van der Waals surface area contributed by atoms with Gasteiger partial charge in [0.25, 0.3) is 5.69 Å². The van der Waals surface area contributed by atoms with Crippen LogP contribution in [0.1, 0.15) is 22.3 Å². The quantitative estimate of drug-likeness (QED) is 0.235. The van der Waals surface area contributed by atoms with Crippen LogP contribution < -0.4 is 0 Å². The minimum atomic E-state index is -0.421. The lowest BCUT2D eigenvalue weighted by molar-refractivity contribution is -0.384. The van der Waals surface area contributed by atoms with Crippen LogP contribution in [0.3, 0.4) is 0 Å². The molecule has 0 radical (unpaired) electrons. The molecule has 1 aromatic heterocycles. The van der Waals surface area contributed by atoms with Gasteiger partial charge in [-0.05, 0) is 24.1 Å². The first-order valence-electron chi connectivity index (χ1n) is 9.62. The van der Waals surface area contributed by atoms with Gasteiger partial charge in [0.15, 0.2) is 0 Å². The molecule has 6 heteroatoms. The summed E-state index contributed by atoms with van der Waals surface area (Å²) in [4.78, 5) is 15.8. The molecule has 0 atom stereocenters. The molecule has 150 valence electrons. The Labute approximate surface area is 174 Å². The first kappa shape index (κ1) is 19.4. The Bertz CT molecular complexity index is 1210. The lowest BCUT2D eigenvalue weighted by Crippen LogP contribution is -1.97. The molecule has 0 aliphatic carbocycles. The van der Waals surface area contributed by atoms with Crippen LogP contribution in [0.15, 0.2) is 84.1 Å². The zero-order valence-corrected chi connectivity index (χ0v) is 16.6. The minimum absolute atomic E-state index is 0.0410. The first-order valence-corrected chi connectivity index (χ1v) is 9.62. The number of rotatable bonds is 7. The lowest BCUT2D eigenvalue weighted by atomic mass is 10.1. The average molecular weight is 399 g/mol. The number of fused-ring (bicyclic) bond motifs is 1. The Morgan fingerprint density at radius 3 is 2.63 bits per heavy atom. The highest BCUT2D eigenvalue weighted by Crippen LogP contribution is 2.21. The summed E-state index contributed by atoms with van der Waals surface area (Å²) < 4.78 is 2.20. The molecule has 6 nitrogen and oxygen atoms in total. The Hall–Kier alpha value is -3.93. The van der Waals surface area contributed by atoms with E-state index in [0.29, 0.717) is 5.56 Å². The number of para-hydroxylation sites is 1. The van der Waals surface area contributed by atoms with Crippen molar-refractivity contribution in [2.45, 2.75) is 20.1 Å². The summed E-state index contributed by atoms with van der Waals surface area (Å²) in [5.41, 5.74) is 5.29. The molecule has 0 aliphatic rings. The van der Waals surface area contributed by atoms with Crippen LogP contribution in [0.5, 0.6) is 0 Å². The van der Waals surface area contributed by atoms with Gasteiger partial charge in [0.2, 0.25) is 0 Å². The number of hydrogen-bond donors (Lipinski definition) is 0. The van der Waals surface area contributed by atoms with Crippen LogP contribution in [-0.2, 0) is 18.0 Å². The standard InChI is InChI=1S/C24H21N3O3/c1-18-9-11-19(12-10-18)15-26-16-21(23-7-2-3-8-24(23)26)14-25-30-17-20-5-4-6-22(13-20)27(28)29/h2-14,16H,15,17H2,1H3/b25-14-. The van der Waals surface area contributed by atoms with E-state index < -0.39 is 4.92 Å². The molecule has 0 aliphatic heterocycles. The number of hydrogen-bond acceptors (Lipinski definition) is 4. The molecule has 0 saturated carbocycles. The molecule has 0 bridgehead atoms. The predicted molar refractivity (Wildman–Crippen MR) is 118 cm³/mol. The molecular weight excluding hydrogens is 378 g/mol. The van der Waals surface area contributed by atoms with Gasteiger partial charge in [-0.15, -0.1) is 0 Å². The largest absolute Gasteiger partial charge is 0.391 e. The molecule has 0 saturated heterocycles. The number of aryl methyl sites for hydroxylation is 1. The highest BCUT2D eigenvalue weighted by molar-refractivity contribution is 5.99.